The number of aryl methyl sites for hydroxylation is 1. The van der Waals surface area contributed by atoms with E-state index in [-0.39, 0.29) is 5.91 Å². The normalized spacial score (nSPS) is 14.8. The summed E-state index contributed by atoms with van der Waals surface area (Å²) >= 11 is 0. The molecule has 1 aliphatic rings. The number of rotatable bonds is 13. The van der Waals surface area contributed by atoms with E-state index in [0.29, 0.717) is 22.3 Å². The van der Waals surface area contributed by atoms with Crippen molar-refractivity contribution in [3.63, 3.8) is 0 Å². The molecule has 1 aromatic heterocycles. The highest BCUT2D eigenvalue weighted by Gasteiger charge is 2.20. The summed E-state index contributed by atoms with van der Waals surface area (Å²) in [5.74, 6) is 1.95. The predicted molar refractivity (Wildman–Crippen MR) is 168 cm³/mol. The molecule has 0 spiro atoms. The van der Waals surface area contributed by atoms with Crippen molar-refractivity contribution < 1.29 is 13.2 Å². The summed E-state index contributed by atoms with van der Waals surface area (Å²) in [5, 5.41) is 0. The molecule has 0 saturated carbocycles. The Morgan fingerprint density at radius 1 is 0.902 bits per heavy atom. The van der Waals surface area contributed by atoms with Crippen molar-refractivity contribution in [2.45, 2.75) is 77.7 Å². The number of nitrogens with zero attached hydrogens (tertiary/aromatic N) is 4. The summed E-state index contributed by atoms with van der Waals surface area (Å²) in [6.07, 6.45) is 8.01. The van der Waals surface area contributed by atoms with Crippen molar-refractivity contribution in [3.8, 4) is 11.4 Å². The van der Waals surface area contributed by atoms with Crippen LogP contribution in [0.3, 0.4) is 0 Å². The largest absolute Gasteiger partial charge is 0.339 e. The van der Waals surface area contributed by atoms with Gasteiger partial charge in [-0.05, 0) is 106 Å². The number of piperidine rings is 1. The minimum absolute atomic E-state index is 0.0772. The Morgan fingerprint density at radius 3 is 2.12 bits per heavy atom. The van der Waals surface area contributed by atoms with E-state index < -0.39 is 9.84 Å². The molecule has 41 heavy (non-hydrogen) atoms. The van der Waals surface area contributed by atoms with Crippen LogP contribution in [-0.2, 0) is 16.4 Å². The van der Waals surface area contributed by atoms with E-state index in [2.05, 4.69) is 37.2 Å². The standard InChI is InChI=1S/C33H48N4O3S/c1-25(2)16-22-36(23-17-26(3)4)33(38)28-12-15-30-31(24-28)37(21-9-20-35-18-7-6-8-19-35)32(34-30)27-10-13-29(14-11-27)41(5,39)40/h10-15,24-26H,6-9,16-23H2,1-5H3. The molecule has 0 atom stereocenters. The molecule has 3 aromatic rings. The maximum Gasteiger partial charge on any atom is 0.253 e. The van der Waals surface area contributed by atoms with Gasteiger partial charge in [-0.1, -0.05) is 34.1 Å². The van der Waals surface area contributed by atoms with Crippen molar-refractivity contribution in [3.05, 3.63) is 48.0 Å². The van der Waals surface area contributed by atoms with Crippen LogP contribution in [0.25, 0.3) is 22.4 Å². The molecule has 0 unspecified atom stereocenters. The fourth-order valence-corrected chi connectivity index (χ4v) is 6.15. The Morgan fingerprint density at radius 2 is 1.54 bits per heavy atom. The predicted octanol–water partition coefficient (Wildman–Crippen LogP) is 6.52. The molecule has 2 heterocycles. The van der Waals surface area contributed by atoms with Crippen LogP contribution in [0.15, 0.2) is 47.4 Å². The number of carbonyl (C=O) groups is 1. The zero-order valence-corrected chi connectivity index (χ0v) is 26.4. The number of amides is 1. The molecule has 0 N–H and O–H groups in total. The van der Waals surface area contributed by atoms with Crippen molar-refractivity contribution in [1.82, 2.24) is 19.4 Å². The van der Waals surface area contributed by atoms with Crippen molar-refractivity contribution in [2.24, 2.45) is 11.8 Å². The zero-order valence-electron chi connectivity index (χ0n) is 25.6. The quantitative estimate of drug-likeness (QED) is 0.230. The lowest BCUT2D eigenvalue weighted by Crippen LogP contribution is -2.34. The van der Waals surface area contributed by atoms with Gasteiger partial charge in [0, 0.05) is 37.0 Å². The molecule has 0 aliphatic carbocycles. The van der Waals surface area contributed by atoms with Crippen LogP contribution in [0, 0.1) is 11.8 Å². The third-order valence-corrected chi connectivity index (χ3v) is 9.21. The number of carbonyl (C=O) groups excluding carboxylic acids is 1. The van der Waals surface area contributed by atoms with Gasteiger partial charge >= 0.3 is 0 Å². The van der Waals surface area contributed by atoms with Crippen LogP contribution >= 0.6 is 0 Å². The minimum atomic E-state index is -3.28. The summed E-state index contributed by atoms with van der Waals surface area (Å²) in [5.41, 5.74) is 3.36. The summed E-state index contributed by atoms with van der Waals surface area (Å²) in [7, 11) is -3.28. The molecule has 4 rings (SSSR count). The number of hydrogen-bond acceptors (Lipinski definition) is 5. The molecular formula is C33H48N4O3S. The first kappa shape index (κ1) is 31.2. The third-order valence-electron chi connectivity index (χ3n) is 8.08. The van der Waals surface area contributed by atoms with Crippen LogP contribution in [0.1, 0.15) is 76.6 Å². The Balaban J connectivity index is 1.68. The lowest BCUT2D eigenvalue weighted by molar-refractivity contribution is 0.0741. The number of benzene rings is 2. The van der Waals surface area contributed by atoms with E-state index in [1.807, 2.05) is 35.2 Å². The number of hydrogen-bond donors (Lipinski definition) is 0. The van der Waals surface area contributed by atoms with Gasteiger partial charge in [0.1, 0.15) is 5.82 Å². The SMILES string of the molecule is CC(C)CCN(CCC(C)C)C(=O)c1ccc2nc(-c3ccc(S(C)(=O)=O)cc3)n(CCCN3CCCCC3)c2c1. The second-order valence-corrected chi connectivity index (χ2v) is 14.5. The summed E-state index contributed by atoms with van der Waals surface area (Å²) in [6.45, 7) is 14.4. The van der Waals surface area contributed by atoms with Crippen LogP contribution in [0.5, 0.6) is 0 Å². The second-order valence-electron chi connectivity index (χ2n) is 12.5. The number of aromatic nitrogens is 2. The number of likely N-dealkylation sites (tertiary alicyclic amines) is 1. The maximum atomic E-state index is 13.8. The molecule has 1 amide bonds. The molecule has 8 heteroatoms. The molecule has 7 nitrogen and oxygen atoms in total. The van der Waals surface area contributed by atoms with Crippen LogP contribution < -0.4 is 0 Å². The lowest BCUT2D eigenvalue weighted by atomic mass is 10.1. The van der Waals surface area contributed by atoms with E-state index in [4.69, 9.17) is 4.98 Å². The number of sulfone groups is 1. The summed E-state index contributed by atoms with van der Waals surface area (Å²) < 4.78 is 26.3. The minimum Gasteiger partial charge on any atom is -0.339 e. The first-order valence-corrected chi connectivity index (χ1v) is 17.2. The van der Waals surface area contributed by atoms with E-state index >= 15 is 0 Å². The molecule has 2 aromatic carbocycles. The van der Waals surface area contributed by atoms with Crippen molar-refractivity contribution >= 4 is 26.8 Å². The van der Waals surface area contributed by atoms with Crippen molar-refractivity contribution in [1.29, 1.82) is 0 Å². The van der Waals surface area contributed by atoms with E-state index in [9.17, 15) is 13.2 Å². The summed E-state index contributed by atoms with van der Waals surface area (Å²) in [6, 6.07) is 12.9. The van der Waals surface area contributed by atoms with Gasteiger partial charge in [0.2, 0.25) is 0 Å². The molecule has 1 aliphatic heterocycles. The van der Waals surface area contributed by atoms with Gasteiger partial charge in [0.25, 0.3) is 5.91 Å². The summed E-state index contributed by atoms with van der Waals surface area (Å²) in [4.78, 5) is 23.6. The maximum absolute atomic E-state index is 13.8. The highest BCUT2D eigenvalue weighted by molar-refractivity contribution is 7.90. The van der Waals surface area contributed by atoms with Crippen molar-refractivity contribution in [2.75, 3.05) is 39.0 Å². The Kier molecular flexibility index (Phi) is 10.6. The third kappa shape index (κ3) is 8.41. The molecule has 1 fully saturated rings. The average molecular weight is 581 g/mol. The van der Waals surface area contributed by atoms with Gasteiger partial charge in [-0.15, -0.1) is 0 Å². The topological polar surface area (TPSA) is 75.5 Å². The van der Waals surface area contributed by atoms with Gasteiger partial charge in [-0.25, -0.2) is 13.4 Å². The first-order chi connectivity index (χ1) is 19.5. The number of fused-ring (bicyclic) bond motifs is 1. The molecular weight excluding hydrogens is 532 g/mol. The monoisotopic (exact) mass is 580 g/mol. The van der Waals surface area contributed by atoms with Gasteiger partial charge in [-0.2, -0.15) is 0 Å². The Hall–Kier alpha value is -2.71. The van der Waals surface area contributed by atoms with Gasteiger partial charge in [0.05, 0.1) is 15.9 Å². The smallest absolute Gasteiger partial charge is 0.253 e. The van der Waals surface area contributed by atoms with E-state index in [1.165, 1.54) is 25.5 Å². The average Bonchev–Trinajstić information content (AvgIpc) is 3.30. The lowest BCUT2D eigenvalue weighted by Gasteiger charge is -2.26. The Labute approximate surface area is 246 Å². The molecule has 0 bridgehead atoms. The van der Waals surface area contributed by atoms with Crippen LogP contribution in [0.2, 0.25) is 0 Å². The molecule has 224 valence electrons. The molecule has 1 saturated heterocycles. The van der Waals surface area contributed by atoms with Gasteiger partial charge in [0.15, 0.2) is 9.84 Å². The van der Waals surface area contributed by atoms with Gasteiger partial charge in [-0.3, -0.25) is 4.79 Å². The fraction of sp³-hybridized carbons (Fsp3) is 0.576. The fourth-order valence-electron chi connectivity index (χ4n) is 5.51. The highest BCUT2D eigenvalue weighted by Crippen LogP contribution is 2.28. The second kappa shape index (κ2) is 14.0. The van der Waals surface area contributed by atoms with E-state index in [1.54, 1.807) is 12.1 Å². The Bertz CT molecular complexity index is 1390. The van der Waals surface area contributed by atoms with Crippen LogP contribution in [0.4, 0.5) is 0 Å². The highest BCUT2D eigenvalue weighted by atomic mass is 32.2. The number of imidazole rings is 1. The zero-order chi connectivity index (χ0) is 29.6. The van der Waals surface area contributed by atoms with Gasteiger partial charge < -0.3 is 14.4 Å². The van der Waals surface area contributed by atoms with Crippen LogP contribution in [-0.4, -0.2) is 72.7 Å². The van der Waals surface area contributed by atoms with E-state index in [0.717, 1.165) is 81.0 Å². The first-order valence-electron chi connectivity index (χ1n) is 15.4. The molecule has 0 radical (unpaired) electrons.